The first kappa shape index (κ1) is 12.9. The molecule has 104 valence electrons. The molecule has 0 amide bonds. The van der Waals surface area contributed by atoms with Gasteiger partial charge in [-0.25, -0.2) is 0 Å². The summed E-state index contributed by atoms with van der Waals surface area (Å²) in [5, 5.41) is 0. The van der Waals surface area contributed by atoms with Crippen LogP contribution in [0.5, 0.6) is 5.75 Å². The molecule has 2 unspecified atom stereocenters. The summed E-state index contributed by atoms with van der Waals surface area (Å²) in [6, 6.07) is 8.79. The van der Waals surface area contributed by atoms with Gasteiger partial charge in [-0.05, 0) is 32.0 Å². The van der Waals surface area contributed by atoms with E-state index in [-0.39, 0.29) is 6.10 Å². The van der Waals surface area contributed by atoms with Crippen LogP contribution in [0, 0.1) is 5.92 Å². The lowest BCUT2D eigenvalue weighted by Crippen LogP contribution is -2.39. The number of likely N-dealkylation sites (tertiary alicyclic amines) is 1. The summed E-state index contributed by atoms with van der Waals surface area (Å²) < 4.78 is 11.2. The van der Waals surface area contributed by atoms with Gasteiger partial charge in [0.25, 0.3) is 0 Å². The second-order valence-corrected chi connectivity index (χ2v) is 5.61. The third-order valence-corrected chi connectivity index (χ3v) is 4.15. The topological polar surface area (TPSA) is 47.7 Å². The van der Waals surface area contributed by atoms with E-state index >= 15 is 0 Å². The molecule has 2 saturated heterocycles. The second kappa shape index (κ2) is 5.49. The molecule has 4 heteroatoms. The fourth-order valence-corrected chi connectivity index (χ4v) is 2.96. The molecule has 2 fully saturated rings. The molecule has 0 bridgehead atoms. The first-order chi connectivity index (χ1) is 9.28. The van der Waals surface area contributed by atoms with E-state index in [1.54, 1.807) is 0 Å². The van der Waals surface area contributed by atoms with Crippen molar-refractivity contribution < 1.29 is 9.47 Å². The highest BCUT2D eigenvalue weighted by Gasteiger charge is 2.32. The Kier molecular flexibility index (Phi) is 3.73. The lowest BCUT2D eigenvalue weighted by molar-refractivity contribution is -0.0802. The molecule has 2 aliphatic rings. The summed E-state index contributed by atoms with van der Waals surface area (Å²) in [5.41, 5.74) is 7.10. The van der Waals surface area contributed by atoms with Crippen LogP contribution < -0.4 is 10.5 Å². The number of benzene rings is 1. The molecular weight excluding hydrogens is 240 g/mol. The second-order valence-electron chi connectivity index (χ2n) is 5.61. The van der Waals surface area contributed by atoms with E-state index in [9.17, 15) is 0 Å². The van der Waals surface area contributed by atoms with Gasteiger partial charge in [0.1, 0.15) is 11.9 Å². The van der Waals surface area contributed by atoms with Gasteiger partial charge in [0.05, 0.1) is 13.2 Å². The van der Waals surface area contributed by atoms with Gasteiger partial charge in [-0.1, -0.05) is 18.2 Å². The lowest BCUT2D eigenvalue weighted by atomic mass is 9.99. The zero-order valence-electron chi connectivity index (χ0n) is 11.4. The van der Waals surface area contributed by atoms with Crippen LogP contribution in [0.2, 0.25) is 0 Å². The number of rotatable bonds is 4. The van der Waals surface area contributed by atoms with Crippen LogP contribution in [-0.2, 0) is 4.74 Å². The molecule has 1 aromatic rings. The Balaban J connectivity index is 1.79. The normalized spacial score (nSPS) is 28.3. The monoisotopic (exact) mass is 262 g/mol. The minimum Gasteiger partial charge on any atom is -0.485 e. The molecule has 1 aromatic carbocycles. The number of ether oxygens (including phenoxy) is 2. The van der Waals surface area contributed by atoms with Crippen LogP contribution in [0.15, 0.2) is 24.3 Å². The molecule has 0 aliphatic carbocycles. The van der Waals surface area contributed by atoms with Gasteiger partial charge in [0.2, 0.25) is 0 Å². The van der Waals surface area contributed by atoms with Crippen molar-refractivity contribution in [3.8, 4) is 5.75 Å². The standard InChI is InChI=1S/C15H22N2O2/c1-17-8-11(7-16)6-14(17)13-4-2-3-5-15(13)19-12-9-18-10-12/h2-5,11-12,14H,6-10,16H2,1H3. The Morgan fingerprint density at radius 3 is 2.79 bits per heavy atom. The molecule has 0 radical (unpaired) electrons. The van der Waals surface area contributed by atoms with Gasteiger partial charge in [0.15, 0.2) is 0 Å². The molecule has 2 atom stereocenters. The SMILES string of the molecule is CN1CC(CN)CC1c1ccccc1OC1COC1. The summed E-state index contributed by atoms with van der Waals surface area (Å²) in [5.74, 6) is 1.60. The Hall–Kier alpha value is -1.10. The largest absolute Gasteiger partial charge is 0.485 e. The summed E-state index contributed by atoms with van der Waals surface area (Å²) in [7, 11) is 2.17. The van der Waals surface area contributed by atoms with Crippen molar-refractivity contribution in [3.05, 3.63) is 29.8 Å². The van der Waals surface area contributed by atoms with Gasteiger partial charge >= 0.3 is 0 Å². The van der Waals surface area contributed by atoms with Gasteiger partial charge in [0, 0.05) is 18.2 Å². The molecule has 2 aliphatic heterocycles. The van der Waals surface area contributed by atoms with Gasteiger partial charge in [-0.2, -0.15) is 0 Å². The highest BCUT2D eigenvalue weighted by atomic mass is 16.6. The zero-order chi connectivity index (χ0) is 13.2. The first-order valence-corrected chi connectivity index (χ1v) is 7.01. The van der Waals surface area contributed by atoms with Crippen molar-refractivity contribution in [1.82, 2.24) is 4.90 Å². The van der Waals surface area contributed by atoms with E-state index in [1.165, 1.54) is 5.56 Å². The number of para-hydroxylation sites is 1. The fraction of sp³-hybridized carbons (Fsp3) is 0.600. The number of hydrogen-bond acceptors (Lipinski definition) is 4. The molecule has 3 rings (SSSR count). The summed E-state index contributed by atoms with van der Waals surface area (Å²) >= 11 is 0. The zero-order valence-corrected chi connectivity index (χ0v) is 11.4. The van der Waals surface area contributed by atoms with Crippen LogP contribution in [0.3, 0.4) is 0 Å². The highest BCUT2D eigenvalue weighted by Crippen LogP contribution is 2.38. The van der Waals surface area contributed by atoms with E-state index in [4.69, 9.17) is 15.2 Å². The Bertz CT molecular complexity index is 434. The van der Waals surface area contributed by atoms with E-state index < -0.39 is 0 Å². The van der Waals surface area contributed by atoms with Crippen molar-refractivity contribution in [1.29, 1.82) is 0 Å². The Labute approximate surface area is 114 Å². The lowest BCUT2D eigenvalue weighted by Gasteiger charge is -2.29. The van der Waals surface area contributed by atoms with E-state index in [0.29, 0.717) is 25.2 Å². The maximum atomic E-state index is 6.03. The van der Waals surface area contributed by atoms with Crippen molar-refractivity contribution in [2.24, 2.45) is 11.7 Å². The number of hydrogen-bond donors (Lipinski definition) is 1. The summed E-state index contributed by atoms with van der Waals surface area (Å²) in [6.07, 6.45) is 1.34. The van der Waals surface area contributed by atoms with Crippen molar-refractivity contribution in [2.45, 2.75) is 18.6 Å². The molecular formula is C15H22N2O2. The minimum absolute atomic E-state index is 0.221. The first-order valence-electron chi connectivity index (χ1n) is 7.01. The molecule has 0 saturated carbocycles. The highest BCUT2D eigenvalue weighted by molar-refractivity contribution is 5.37. The van der Waals surface area contributed by atoms with E-state index in [2.05, 4.69) is 30.1 Å². The molecule has 2 N–H and O–H groups in total. The van der Waals surface area contributed by atoms with Crippen molar-refractivity contribution in [3.63, 3.8) is 0 Å². The fourth-order valence-electron chi connectivity index (χ4n) is 2.96. The minimum atomic E-state index is 0.221. The molecule has 4 nitrogen and oxygen atoms in total. The quantitative estimate of drug-likeness (QED) is 0.891. The smallest absolute Gasteiger partial charge is 0.145 e. The van der Waals surface area contributed by atoms with Crippen molar-refractivity contribution in [2.75, 3.05) is 33.4 Å². The number of nitrogens with zero attached hydrogens (tertiary/aromatic N) is 1. The van der Waals surface area contributed by atoms with E-state index in [1.807, 2.05) is 6.07 Å². The predicted octanol–water partition coefficient (Wildman–Crippen LogP) is 1.42. The Morgan fingerprint density at radius 2 is 2.16 bits per heavy atom. The number of nitrogens with two attached hydrogens (primary N) is 1. The van der Waals surface area contributed by atoms with Crippen LogP contribution in [0.25, 0.3) is 0 Å². The predicted molar refractivity (Wildman–Crippen MR) is 74.2 cm³/mol. The van der Waals surface area contributed by atoms with Crippen LogP contribution in [-0.4, -0.2) is 44.4 Å². The molecule has 19 heavy (non-hydrogen) atoms. The third kappa shape index (κ3) is 2.61. The summed E-state index contributed by atoms with van der Waals surface area (Å²) in [4.78, 5) is 2.39. The third-order valence-electron chi connectivity index (χ3n) is 4.15. The average Bonchev–Trinajstić information content (AvgIpc) is 2.76. The van der Waals surface area contributed by atoms with Gasteiger partial charge < -0.3 is 15.2 Å². The van der Waals surface area contributed by atoms with Crippen molar-refractivity contribution >= 4 is 0 Å². The van der Waals surface area contributed by atoms with Crippen LogP contribution >= 0.6 is 0 Å². The molecule has 0 aromatic heterocycles. The molecule has 2 heterocycles. The van der Waals surface area contributed by atoms with Gasteiger partial charge in [-0.15, -0.1) is 0 Å². The summed E-state index contributed by atoms with van der Waals surface area (Å²) in [6.45, 7) is 3.25. The maximum absolute atomic E-state index is 6.03. The van der Waals surface area contributed by atoms with Crippen LogP contribution in [0.1, 0.15) is 18.0 Å². The molecule has 0 spiro atoms. The Morgan fingerprint density at radius 1 is 1.37 bits per heavy atom. The van der Waals surface area contributed by atoms with Crippen LogP contribution in [0.4, 0.5) is 0 Å². The van der Waals surface area contributed by atoms with E-state index in [0.717, 1.165) is 25.3 Å². The average molecular weight is 262 g/mol. The van der Waals surface area contributed by atoms with Gasteiger partial charge in [-0.3, -0.25) is 4.90 Å². The maximum Gasteiger partial charge on any atom is 0.145 e.